The van der Waals surface area contributed by atoms with E-state index in [1.54, 1.807) is 12.1 Å². The second-order valence-corrected chi connectivity index (χ2v) is 7.66. The zero-order chi connectivity index (χ0) is 25.4. The molecule has 0 saturated carbocycles. The Morgan fingerprint density at radius 2 is 1.91 bits per heavy atom. The van der Waals surface area contributed by atoms with Crippen LogP contribution in [0, 0.1) is 5.82 Å². The summed E-state index contributed by atoms with van der Waals surface area (Å²) in [5.41, 5.74) is -0.878. The number of hydrogen-bond acceptors (Lipinski definition) is 6. The lowest BCUT2D eigenvalue weighted by Crippen LogP contribution is -2.50. The van der Waals surface area contributed by atoms with Crippen LogP contribution in [0.1, 0.15) is 38.7 Å². The number of ether oxygens (including phenoxy) is 3. The maximum absolute atomic E-state index is 14.7. The lowest BCUT2D eigenvalue weighted by Gasteiger charge is -2.39. The average molecular weight is 493 g/mol. The number of halogens is 4. The highest BCUT2D eigenvalue weighted by Gasteiger charge is 2.44. The molecule has 1 amide bonds. The fourth-order valence-electron chi connectivity index (χ4n) is 4.02. The third kappa shape index (κ3) is 4.51. The normalized spacial score (nSPS) is 17.2. The first-order valence-electron chi connectivity index (χ1n) is 10.3. The molecule has 1 atom stereocenters. The lowest BCUT2D eigenvalue weighted by atomic mass is 9.81. The molecule has 0 bridgehead atoms. The molecule has 4 rings (SSSR count). The van der Waals surface area contributed by atoms with Gasteiger partial charge < -0.3 is 24.1 Å². The molecule has 1 N–H and O–H groups in total. The Kier molecular flexibility index (Phi) is 6.14. The molecule has 0 saturated heterocycles. The van der Waals surface area contributed by atoms with Gasteiger partial charge in [-0.25, -0.2) is 9.18 Å². The van der Waals surface area contributed by atoms with Gasteiger partial charge in [-0.1, -0.05) is 6.07 Å². The Balaban J connectivity index is 1.80. The molecule has 8 nitrogen and oxygen atoms in total. The SMILES string of the molecule is COC(=O)c1ccc(C(=O)NC2(c3ccc(OC(F)(F)F)c(F)c3)CCOc3cccnc32)n1C. The van der Waals surface area contributed by atoms with Gasteiger partial charge in [0.1, 0.15) is 28.4 Å². The van der Waals surface area contributed by atoms with Crippen LogP contribution in [0.15, 0.2) is 48.7 Å². The number of alkyl halides is 3. The molecular weight excluding hydrogens is 474 g/mol. The molecule has 0 radical (unpaired) electrons. The van der Waals surface area contributed by atoms with Crippen LogP contribution in [0.4, 0.5) is 17.6 Å². The minimum absolute atomic E-state index is 0.0891. The van der Waals surface area contributed by atoms with E-state index in [0.29, 0.717) is 5.75 Å². The van der Waals surface area contributed by atoms with E-state index in [9.17, 15) is 27.2 Å². The second kappa shape index (κ2) is 8.93. The Morgan fingerprint density at radius 3 is 2.60 bits per heavy atom. The van der Waals surface area contributed by atoms with Crippen LogP contribution in [-0.4, -0.2) is 41.5 Å². The van der Waals surface area contributed by atoms with Gasteiger partial charge in [0.15, 0.2) is 11.6 Å². The van der Waals surface area contributed by atoms with Crippen molar-refractivity contribution < 1.29 is 41.4 Å². The molecule has 0 spiro atoms. The lowest BCUT2D eigenvalue weighted by molar-refractivity contribution is -0.275. The summed E-state index contributed by atoms with van der Waals surface area (Å²) < 4.78 is 68.0. The number of aromatic nitrogens is 2. The Hall–Kier alpha value is -4.09. The van der Waals surface area contributed by atoms with E-state index >= 15 is 0 Å². The van der Waals surface area contributed by atoms with Crippen molar-refractivity contribution in [3.05, 3.63) is 77.1 Å². The number of carbonyl (C=O) groups is 2. The number of carbonyl (C=O) groups excluding carboxylic acids is 2. The highest BCUT2D eigenvalue weighted by Crippen LogP contribution is 2.42. The number of amides is 1. The number of methoxy groups -OCH3 is 1. The maximum atomic E-state index is 14.7. The van der Waals surface area contributed by atoms with Crippen LogP contribution < -0.4 is 14.8 Å². The number of hydrogen-bond donors (Lipinski definition) is 1. The highest BCUT2D eigenvalue weighted by molar-refractivity contribution is 5.97. The van der Waals surface area contributed by atoms with Gasteiger partial charge in [0.05, 0.1) is 13.7 Å². The van der Waals surface area contributed by atoms with Gasteiger partial charge in [0.2, 0.25) is 0 Å². The topological polar surface area (TPSA) is 91.7 Å². The van der Waals surface area contributed by atoms with Gasteiger partial charge in [-0.05, 0) is 42.0 Å². The van der Waals surface area contributed by atoms with Crippen LogP contribution in [0.25, 0.3) is 0 Å². The smallest absolute Gasteiger partial charge is 0.491 e. The van der Waals surface area contributed by atoms with E-state index in [1.807, 2.05) is 0 Å². The highest BCUT2D eigenvalue weighted by atomic mass is 19.4. The van der Waals surface area contributed by atoms with Crippen molar-refractivity contribution in [3.63, 3.8) is 0 Å². The molecular formula is C23H19F4N3O5. The molecule has 35 heavy (non-hydrogen) atoms. The quantitative estimate of drug-likeness (QED) is 0.431. The van der Waals surface area contributed by atoms with Gasteiger partial charge >= 0.3 is 12.3 Å². The molecule has 1 aliphatic rings. The third-order valence-electron chi connectivity index (χ3n) is 5.64. The zero-order valence-corrected chi connectivity index (χ0v) is 18.5. The maximum Gasteiger partial charge on any atom is 0.573 e. The Labute approximate surface area is 196 Å². The van der Waals surface area contributed by atoms with Crippen LogP contribution in [0.3, 0.4) is 0 Å². The van der Waals surface area contributed by atoms with Gasteiger partial charge in [0.25, 0.3) is 5.91 Å². The van der Waals surface area contributed by atoms with Crippen LogP contribution in [0.5, 0.6) is 11.5 Å². The van der Waals surface area contributed by atoms with Crippen molar-refractivity contribution in [1.82, 2.24) is 14.9 Å². The van der Waals surface area contributed by atoms with Gasteiger partial charge in [-0.15, -0.1) is 13.2 Å². The third-order valence-corrected chi connectivity index (χ3v) is 5.64. The predicted octanol–water partition coefficient (Wildman–Crippen LogP) is 3.70. The predicted molar refractivity (Wildman–Crippen MR) is 112 cm³/mol. The summed E-state index contributed by atoms with van der Waals surface area (Å²) in [6.45, 7) is 0.0991. The summed E-state index contributed by atoms with van der Waals surface area (Å²) in [7, 11) is 2.70. The van der Waals surface area contributed by atoms with Crippen LogP contribution in [-0.2, 0) is 17.3 Å². The first-order valence-corrected chi connectivity index (χ1v) is 10.3. The van der Waals surface area contributed by atoms with Gasteiger partial charge in [0, 0.05) is 19.7 Å². The zero-order valence-electron chi connectivity index (χ0n) is 18.5. The minimum Gasteiger partial charge on any atom is -0.491 e. The number of rotatable bonds is 5. The molecule has 1 aliphatic heterocycles. The Morgan fingerprint density at radius 1 is 1.17 bits per heavy atom. The monoisotopic (exact) mass is 493 g/mol. The van der Waals surface area contributed by atoms with Crippen molar-refractivity contribution in [2.45, 2.75) is 18.3 Å². The number of pyridine rings is 1. The van der Waals surface area contributed by atoms with Crippen LogP contribution >= 0.6 is 0 Å². The standard InChI is InChI=1S/C23H19F4N3O5/c1-30-15(6-7-16(30)21(32)33-2)20(31)29-22(9-11-34-18-4-3-10-28-19(18)22)13-5-8-17(14(24)12-13)35-23(25,26)27/h3-8,10,12H,9,11H2,1-2H3,(H,29,31). The first-order chi connectivity index (χ1) is 16.6. The van der Waals surface area contributed by atoms with E-state index in [0.717, 1.165) is 12.1 Å². The molecule has 184 valence electrons. The molecule has 12 heteroatoms. The number of esters is 1. The molecule has 3 aromatic rings. The summed E-state index contributed by atoms with van der Waals surface area (Å²) in [6.07, 6.45) is -3.54. The Bertz CT molecular complexity index is 1290. The van der Waals surface area contributed by atoms with E-state index in [-0.39, 0.29) is 35.7 Å². The van der Waals surface area contributed by atoms with E-state index in [2.05, 4.69) is 15.0 Å². The van der Waals surface area contributed by atoms with Gasteiger partial charge in [-0.2, -0.15) is 0 Å². The van der Waals surface area contributed by atoms with E-state index in [1.165, 1.54) is 43.1 Å². The summed E-state index contributed by atoms with van der Waals surface area (Å²) in [6, 6.07) is 8.95. The van der Waals surface area contributed by atoms with Crippen molar-refractivity contribution >= 4 is 11.9 Å². The number of nitrogens with zero attached hydrogens (tertiary/aromatic N) is 2. The summed E-state index contributed by atoms with van der Waals surface area (Å²) in [4.78, 5) is 29.6. The molecule has 0 aliphatic carbocycles. The number of nitrogens with one attached hydrogen (secondary N) is 1. The fourth-order valence-corrected chi connectivity index (χ4v) is 4.02. The number of fused-ring (bicyclic) bond motifs is 1. The average Bonchev–Trinajstić information content (AvgIpc) is 3.20. The fraction of sp³-hybridized carbons (Fsp3) is 0.261. The van der Waals surface area contributed by atoms with Crippen molar-refractivity contribution in [3.8, 4) is 11.5 Å². The summed E-state index contributed by atoms with van der Waals surface area (Å²) in [5.74, 6) is -3.26. The molecule has 2 aromatic heterocycles. The van der Waals surface area contributed by atoms with E-state index < -0.39 is 35.3 Å². The van der Waals surface area contributed by atoms with Crippen molar-refractivity contribution in [1.29, 1.82) is 0 Å². The minimum atomic E-state index is -5.08. The summed E-state index contributed by atoms with van der Waals surface area (Å²) in [5, 5.41) is 2.84. The largest absolute Gasteiger partial charge is 0.573 e. The van der Waals surface area contributed by atoms with Gasteiger partial charge in [-0.3, -0.25) is 9.78 Å². The first kappa shape index (κ1) is 24.0. The molecule has 3 heterocycles. The molecule has 1 aromatic carbocycles. The number of benzene rings is 1. The van der Waals surface area contributed by atoms with Crippen LogP contribution in [0.2, 0.25) is 0 Å². The second-order valence-electron chi connectivity index (χ2n) is 7.66. The summed E-state index contributed by atoms with van der Waals surface area (Å²) >= 11 is 0. The molecule has 0 fully saturated rings. The van der Waals surface area contributed by atoms with E-state index in [4.69, 9.17) is 9.47 Å². The molecule has 1 unspecified atom stereocenters. The van der Waals surface area contributed by atoms with Crippen molar-refractivity contribution in [2.24, 2.45) is 7.05 Å². The van der Waals surface area contributed by atoms with Crippen molar-refractivity contribution in [2.75, 3.05) is 13.7 Å².